The highest BCUT2D eigenvalue weighted by atomic mass is 16.5. The number of hydrogen-bond donors (Lipinski definition) is 1. The third-order valence-corrected chi connectivity index (χ3v) is 4.06. The number of nitrogens with zero attached hydrogens (tertiary/aromatic N) is 3. The van der Waals surface area contributed by atoms with Crippen LogP contribution in [0.25, 0.3) is 0 Å². The third-order valence-electron chi connectivity index (χ3n) is 4.06. The fourth-order valence-electron chi connectivity index (χ4n) is 2.81. The van der Waals surface area contributed by atoms with E-state index in [0.717, 1.165) is 38.2 Å². The molecule has 1 aliphatic rings. The number of amides is 1. The molecule has 0 aromatic carbocycles. The monoisotopic (exact) mass is 308 g/mol. The predicted octanol–water partition coefficient (Wildman–Crippen LogP) is 1.90. The molecule has 0 aliphatic carbocycles. The molecule has 0 saturated carbocycles. The first-order valence-electron chi connectivity index (χ1n) is 8.19. The maximum atomic E-state index is 12.3. The van der Waals surface area contributed by atoms with E-state index in [2.05, 4.69) is 36.2 Å². The molecule has 6 heteroatoms. The van der Waals surface area contributed by atoms with E-state index in [0.29, 0.717) is 24.8 Å². The molecule has 124 valence electrons. The van der Waals surface area contributed by atoms with Crippen molar-refractivity contribution in [3.8, 4) is 0 Å². The lowest BCUT2D eigenvalue weighted by Crippen LogP contribution is -2.40. The van der Waals surface area contributed by atoms with E-state index in [4.69, 9.17) is 4.52 Å². The highest BCUT2D eigenvalue weighted by Gasteiger charge is 2.27. The molecule has 1 aromatic rings. The van der Waals surface area contributed by atoms with Gasteiger partial charge >= 0.3 is 0 Å². The molecular formula is C16H28N4O2. The van der Waals surface area contributed by atoms with Gasteiger partial charge in [-0.3, -0.25) is 4.79 Å². The molecule has 1 unspecified atom stereocenters. The van der Waals surface area contributed by atoms with Gasteiger partial charge in [0, 0.05) is 37.4 Å². The SMILES string of the molecule is CNCC1CCCN1C(=O)CCCc1nc(C(C)(C)C)no1. The van der Waals surface area contributed by atoms with Crippen molar-refractivity contribution in [3.63, 3.8) is 0 Å². The number of aryl methyl sites for hydroxylation is 1. The van der Waals surface area contributed by atoms with Crippen LogP contribution in [0.3, 0.4) is 0 Å². The summed E-state index contributed by atoms with van der Waals surface area (Å²) in [5, 5.41) is 7.18. The van der Waals surface area contributed by atoms with Gasteiger partial charge in [0.25, 0.3) is 0 Å². The Kier molecular flexibility index (Phi) is 5.56. The van der Waals surface area contributed by atoms with E-state index in [1.165, 1.54) is 0 Å². The number of carbonyl (C=O) groups excluding carboxylic acids is 1. The van der Waals surface area contributed by atoms with Crippen LogP contribution in [-0.2, 0) is 16.6 Å². The summed E-state index contributed by atoms with van der Waals surface area (Å²) >= 11 is 0. The molecule has 1 atom stereocenters. The van der Waals surface area contributed by atoms with Gasteiger partial charge in [0.2, 0.25) is 11.8 Å². The number of carbonyl (C=O) groups is 1. The number of hydrogen-bond acceptors (Lipinski definition) is 5. The van der Waals surface area contributed by atoms with Crippen molar-refractivity contribution in [2.24, 2.45) is 0 Å². The predicted molar refractivity (Wildman–Crippen MR) is 84.6 cm³/mol. The lowest BCUT2D eigenvalue weighted by atomic mass is 9.96. The maximum absolute atomic E-state index is 12.3. The Morgan fingerprint density at radius 3 is 2.86 bits per heavy atom. The Hall–Kier alpha value is -1.43. The maximum Gasteiger partial charge on any atom is 0.226 e. The summed E-state index contributed by atoms with van der Waals surface area (Å²) in [6.07, 6.45) is 4.18. The summed E-state index contributed by atoms with van der Waals surface area (Å²) < 4.78 is 5.26. The Morgan fingerprint density at radius 2 is 2.23 bits per heavy atom. The van der Waals surface area contributed by atoms with Crippen molar-refractivity contribution in [2.75, 3.05) is 20.1 Å². The van der Waals surface area contributed by atoms with Crippen molar-refractivity contribution in [1.29, 1.82) is 0 Å². The summed E-state index contributed by atoms with van der Waals surface area (Å²) in [5.41, 5.74) is -0.104. The molecule has 1 saturated heterocycles. The molecule has 1 aliphatic heterocycles. The minimum absolute atomic E-state index is 0.104. The molecule has 0 spiro atoms. The van der Waals surface area contributed by atoms with Crippen LogP contribution in [0.5, 0.6) is 0 Å². The van der Waals surface area contributed by atoms with E-state index >= 15 is 0 Å². The molecule has 2 rings (SSSR count). The van der Waals surface area contributed by atoms with Crippen molar-refractivity contribution in [3.05, 3.63) is 11.7 Å². The Morgan fingerprint density at radius 1 is 1.45 bits per heavy atom. The van der Waals surface area contributed by atoms with E-state index in [1.807, 2.05) is 11.9 Å². The van der Waals surface area contributed by atoms with Crippen molar-refractivity contribution in [1.82, 2.24) is 20.4 Å². The van der Waals surface area contributed by atoms with Gasteiger partial charge in [-0.25, -0.2) is 0 Å². The Balaban J connectivity index is 1.78. The zero-order valence-corrected chi connectivity index (χ0v) is 14.2. The zero-order chi connectivity index (χ0) is 16.2. The third kappa shape index (κ3) is 4.29. The van der Waals surface area contributed by atoms with E-state index < -0.39 is 0 Å². The van der Waals surface area contributed by atoms with Crippen LogP contribution >= 0.6 is 0 Å². The topological polar surface area (TPSA) is 71.3 Å². The molecule has 0 bridgehead atoms. The summed E-state index contributed by atoms with van der Waals surface area (Å²) in [6, 6.07) is 0.355. The molecule has 0 radical (unpaired) electrons. The fraction of sp³-hybridized carbons (Fsp3) is 0.812. The van der Waals surface area contributed by atoms with Crippen LogP contribution in [0.2, 0.25) is 0 Å². The molecule has 1 N–H and O–H groups in total. The van der Waals surface area contributed by atoms with Gasteiger partial charge in [0.1, 0.15) is 0 Å². The van der Waals surface area contributed by atoms with Crippen molar-refractivity contribution >= 4 is 5.91 Å². The second kappa shape index (κ2) is 7.22. The Labute approximate surface area is 132 Å². The first-order valence-corrected chi connectivity index (χ1v) is 8.19. The molecule has 2 heterocycles. The number of rotatable bonds is 6. The summed E-state index contributed by atoms with van der Waals surface area (Å²) in [6.45, 7) is 7.94. The van der Waals surface area contributed by atoms with Crippen LogP contribution in [0, 0.1) is 0 Å². The minimum Gasteiger partial charge on any atom is -0.339 e. The van der Waals surface area contributed by atoms with Crippen molar-refractivity contribution in [2.45, 2.75) is 64.3 Å². The molecule has 1 fully saturated rings. The molecular weight excluding hydrogens is 280 g/mol. The molecule has 22 heavy (non-hydrogen) atoms. The van der Waals surface area contributed by atoms with Crippen LogP contribution in [0.4, 0.5) is 0 Å². The fourth-order valence-corrected chi connectivity index (χ4v) is 2.81. The average Bonchev–Trinajstić information content (AvgIpc) is 3.07. The van der Waals surface area contributed by atoms with Crippen molar-refractivity contribution < 1.29 is 9.32 Å². The summed E-state index contributed by atoms with van der Waals surface area (Å²) in [7, 11) is 1.93. The lowest BCUT2D eigenvalue weighted by molar-refractivity contribution is -0.132. The van der Waals surface area contributed by atoms with Crippen LogP contribution in [0.15, 0.2) is 4.52 Å². The normalized spacial score (nSPS) is 18.9. The molecule has 1 amide bonds. The highest BCUT2D eigenvalue weighted by Crippen LogP contribution is 2.20. The largest absolute Gasteiger partial charge is 0.339 e. The first kappa shape index (κ1) is 16.9. The first-order chi connectivity index (χ1) is 10.4. The minimum atomic E-state index is -0.104. The van der Waals surface area contributed by atoms with Crippen LogP contribution in [0.1, 0.15) is 58.2 Å². The smallest absolute Gasteiger partial charge is 0.226 e. The van der Waals surface area contributed by atoms with E-state index in [-0.39, 0.29) is 11.3 Å². The number of aromatic nitrogens is 2. The van der Waals surface area contributed by atoms with Gasteiger partial charge in [-0.15, -0.1) is 0 Å². The summed E-state index contributed by atoms with van der Waals surface area (Å²) in [4.78, 5) is 18.7. The number of likely N-dealkylation sites (N-methyl/N-ethyl adjacent to an activating group) is 1. The van der Waals surface area contributed by atoms with E-state index in [1.54, 1.807) is 0 Å². The number of likely N-dealkylation sites (tertiary alicyclic amines) is 1. The standard InChI is InChI=1S/C16H28N4O2/c1-16(2,3)15-18-13(22-19-15)8-5-9-14(21)20-10-6-7-12(20)11-17-4/h12,17H,5-11H2,1-4H3. The highest BCUT2D eigenvalue weighted by molar-refractivity contribution is 5.76. The van der Waals surface area contributed by atoms with Crippen LogP contribution < -0.4 is 5.32 Å². The summed E-state index contributed by atoms with van der Waals surface area (Å²) in [5.74, 6) is 1.60. The van der Waals surface area contributed by atoms with Gasteiger partial charge in [-0.2, -0.15) is 4.98 Å². The van der Waals surface area contributed by atoms with Gasteiger partial charge < -0.3 is 14.7 Å². The zero-order valence-electron chi connectivity index (χ0n) is 14.2. The van der Waals surface area contributed by atoms with Crippen LogP contribution in [-0.4, -0.2) is 47.1 Å². The second-order valence-corrected chi connectivity index (χ2v) is 7.06. The van der Waals surface area contributed by atoms with E-state index in [9.17, 15) is 4.79 Å². The van der Waals surface area contributed by atoms with Gasteiger partial charge in [-0.05, 0) is 26.3 Å². The quantitative estimate of drug-likeness (QED) is 0.869. The lowest BCUT2D eigenvalue weighted by Gasteiger charge is -2.24. The Bertz CT molecular complexity index is 493. The molecule has 1 aromatic heterocycles. The van der Waals surface area contributed by atoms with Gasteiger partial charge in [-0.1, -0.05) is 25.9 Å². The molecule has 6 nitrogen and oxygen atoms in total. The second-order valence-electron chi connectivity index (χ2n) is 7.06. The number of nitrogens with one attached hydrogen (secondary N) is 1. The average molecular weight is 308 g/mol. The van der Waals surface area contributed by atoms with Gasteiger partial charge in [0.05, 0.1) is 0 Å². The van der Waals surface area contributed by atoms with Gasteiger partial charge in [0.15, 0.2) is 5.82 Å².